The zero-order valence-corrected chi connectivity index (χ0v) is 19.8. The molecule has 0 aliphatic heterocycles. The van der Waals surface area contributed by atoms with Crippen molar-refractivity contribution in [3.05, 3.63) is 68.8 Å². The number of fused-ring (bicyclic) bond motifs is 4. The number of hydrogen-bond acceptors (Lipinski definition) is 4. The number of benzene rings is 2. The van der Waals surface area contributed by atoms with Crippen LogP contribution in [0, 0.1) is 5.92 Å². The Kier molecular flexibility index (Phi) is 5.89. The molecule has 3 nitrogen and oxygen atoms in total. The van der Waals surface area contributed by atoms with E-state index in [-0.39, 0.29) is 5.56 Å². The molecule has 5 rings (SSSR count). The van der Waals surface area contributed by atoms with Gasteiger partial charge in [0.05, 0.1) is 5.39 Å². The van der Waals surface area contributed by atoms with E-state index in [1.165, 1.54) is 39.6 Å². The molecule has 0 fully saturated rings. The Balaban J connectivity index is 1.56. The van der Waals surface area contributed by atoms with Gasteiger partial charge >= 0.3 is 0 Å². The summed E-state index contributed by atoms with van der Waals surface area (Å²) < 4.78 is 1.96. The second-order valence-corrected chi connectivity index (χ2v) is 10.9. The second kappa shape index (κ2) is 8.79. The average Bonchev–Trinajstić information content (AvgIpc) is 3.15. The van der Waals surface area contributed by atoms with Crippen molar-refractivity contribution in [3.63, 3.8) is 0 Å². The molecule has 1 aliphatic carbocycles. The average molecular weight is 449 g/mol. The molecule has 0 saturated carbocycles. The molecule has 0 spiro atoms. The van der Waals surface area contributed by atoms with E-state index in [0.717, 1.165) is 46.9 Å². The highest BCUT2D eigenvalue weighted by atomic mass is 32.2. The first-order valence-electron chi connectivity index (χ1n) is 11.3. The molecule has 0 radical (unpaired) electrons. The molecule has 160 valence electrons. The summed E-state index contributed by atoms with van der Waals surface area (Å²) in [4.78, 5) is 21.0. The Labute approximate surface area is 191 Å². The molecule has 0 amide bonds. The Morgan fingerprint density at radius 2 is 1.90 bits per heavy atom. The molecular formula is C26H28N2OS2. The first-order chi connectivity index (χ1) is 15.1. The van der Waals surface area contributed by atoms with Gasteiger partial charge in [-0.2, -0.15) is 0 Å². The van der Waals surface area contributed by atoms with E-state index in [4.69, 9.17) is 4.98 Å². The van der Waals surface area contributed by atoms with E-state index in [9.17, 15) is 4.79 Å². The van der Waals surface area contributed by atoms with Crippen LogP contribution in [-0.4, -0.2) is 9.55 Å². The van der Waals surface area contributed by atoms with Crippen molar-refractivity contribution in [2.75, 3.05) is 0 Å². The van der Waals surface area contributed by atoms with Crippen LogP contribution in [-0.2, 0) is 25.1 Å². The van der Waals surface area contributed by atoms with Crippen LogP contribution in [0.4, 0.5) is 0 Å². The molecular weight excluding hydrogens is 420 g/mol. The number of nitrogens with zero attached hydrogens (tertiary/aromatic N) is 2. The van der Waals surface area contributed by atoms with Gasteiger partial charge in [-0.05, 0) is 59.9 Å². The van der Waals surface area contributed by atoms with Crippen molar-refractivity contribution in [3.8, 4) is 0 Å². The van der Waals surface area contributed by atoms with Gasteiger partial charge in [0.15, 0.2) is 5.16 Å². The van der Waals surface area contributed by atoms with Crippen LogP contribution in [0.3, 0.4) is 0 Å². The van der Waals surface area contributed by atoms with Gasteiger partial charge in [0.2, 0.25) is 0 Å². The van der Waals surface area contributed by atoms with Crippen molar-refractivity contribution in [2.24, 2.45) is 5.92 Å². The van der Waals surface area contributed by atoms with Gasteiger partial charge in [-0.25, -0.2) is 4.98 Å². The normalized spacial score (nSPS) is 13.9. The molecule has 1 aliphatic rings. The third kappa shape index (κ3) is 4.06. The number of aromatic nitrogens is 2. The van der Waals surface area contributed by atoms with Gasteiger partial charge < -0.3 is 0 Å². The molecule has 2 aromatic carbocycles. The SMILES string of the molecule is CC(C)CCn1c(SCc2cccc3ccccc23)nc2sc3c(c2c1=O)CCCC3. The van der Waals surface area contributed by atoms with Crippen molar-refractivity contribution < 1.29 is 0 Å². The summed E-state index contributed by atoms with van der Waals surface area (Å²) in [7, 11) is 0. The van der Waals surface area contributed by atoms with Crippen LogP contribution in [0.25, 0.3) is 21.0 Å². The third-order valence-corrected chi connectivity index (χ3v) is 8.42. The van der Waals surface area contributed by atoms with Crippen LogP contribution in [0.15, 0.2) is 52.4 Å². The Morgan fingerprint density at radius 1 is 1.10 bits per heavy atom. The van der Waals surface area contributed by atoms with Gasteiger partial charge in [-0.3, -0.25) is 9.36 Å². The van der Waals surface area contributed by atoms with E-state index in [0.29, 0.717) is 5.92 Å². The van der Waals surface area contributed by atoms with E-state index in [2.05, 4.69) is 56.3 Å². The summed E-state index contributed by atoms with van der Waals surface area (Å²) in [5, 5.41) is 4.30. The monoisotopic (exact) mass is 448 g/mol. The Hall–Kier alpha value is -2.11. The maximum Gasteiger partial charge on any atom is 0.263 e. The van der Waals surface area contributed by atoms with Crippen molar-refractivity contribution in [2.45, 2.75) is 63.4 Å². The highest BCUT2D eigenvalue weighted by Gasteiger charge is 2.22. The fraction of sp³-hybridized carbons (Fsp3) is 0.385. The fourth-order valence-electron chi connectivity index (χ4n) is 4.48. The third-order valence-electron chi connectivity index (χ3n) is 6.21. The lowest BCUT2D eigenvalue weighted by Crippen LogP contribution is -2.24. The van der Waals surface area contributed by atoms with Crippen LogP contribution in [0.2, 0.25) is 0 Å². The van der Waals surface area contributed by atoms with Gasteiger partial charge in [0.25, 0.3) is 5.56 Å². The highest BCUT2D eigenvalue weighted by molar-refractivity contribution is 7.98. The topological polar surface area (TPSA) is 34.9 Å². The quantitative estimate of drug-likeness (QED) is 0.239. The molecule has 2 heterocycles. The van der Waals surface area contributed by atoms with Crippen molar-refractivity contribution in [1.29, 1.82) is 0 Å². The van der Waals surface area contributed by atoms with Crippen LogP contribution >= 0.6 is 23.1 Å². The van der Waals surface area contributed by atoms with Crippen molar-refractivity contribution in [1.82, 2.24) is 9.55 Å². The molecule has 2 aromatic heterocycles. The number of aryl methyl sites for hydroxylation is 2. The number of rotatable bonds is 6. The summed E-state index contributed by atoms with van der Waals surface area (Å²) in [6.07, 6.45) is 5.52. The van der Waals surface area contributed by atoms with Crippen LogP contribution in [0.1, 0.15) is 49.1 Å². The predicted molar refractivity (Wildman–Crippen MR) is 133 cm³/mol. The standard InChI is InChI=1S/C26H28N2OS2/c1-17(2)14-15-28-25(29)23-21-12-5-6-13-22(21)31-24(23)27-26(28)30-16-19-10-7-9-18-8-3-4-11-20(18)19/h3-4,7-11,17H,5-6,12-16H2,1-2H3. The first-order valence-corrected chi connectivity index (χ1v) is 13.1. The second-order valence-electron chi connectivity index (χ2n) is 8.85. The first kappa shape index (κ1) is 20.8. The highest BCUT2D eigenvalue weighted by Crippen LogP contribution is 2.35. The summed E-state index contributed by atoms with van der Waals surface area (Å²) in [5.74, 6) is 1.36. The van der Waals surface area contributed by atoms with E-state index >= 15 is 0 Å². The molecule has 0 unspecified atom stereocenters. The molecule has 4 aromatic rings. The Bertz CT molecular complexity index is 1300. The molecule has 31 heavy (non-hydrogen) atoms. The smallest absolute Gasteiger partial charge is 0.263 e. The van der Waals surface area contributed by atoms with Gasteiger partial charge in [0, 0.05) is 17.2 Å². The maximum atomic E-state index is 13.6. The molecule has 0 bridgehead atoms. The zero-order chi connectivity index (χ0) is 21.4. The summed E-state index contributed by atoms with van der Waals surface area (Å²) in [5.41, 5.74) is 2.75. The van der Waals surface area contributed by atoms with Crippen LogP contribution in [0.5, 0.6) is 0 Å². The largest absolute Gasteiger partial charge is 0.287 e. The number of hydrogen-bond donors (Lipinski definition) is 0. The van der Waals surface area contributed by atoms with E-state index < -0.39 is 0 Å². The van der Waals surface area contributed by atoms with E-state index in [1.54, 1.807) is 23.1 Å². The lowest BCUT2D eigenvalue weighted by atomic mass is 9.97. The minimum Gasteiger partial charge on any atom is -0.287 e. The van der Waals surface area contributed by atoms with Crippen molar-refractivity contribution >= 4 is 44.1 Å². The number of thiophene rings is 1. The molecule has 5 heteroatoms. The molecule has 0 atom stereocenters. The predicted octanol–water partition coefficient (Wildman–Crippen LogP) is 6.83. The Morgan fingerprint density at radius 3 is 2.77 bits per heavy atom. The van der Waals surface area contributed by atoms with Gasteiger partial charge in [-0.15, -0.1) is 11.3 Å². The fourth-order valence-corrected chi connectivity index (χ4v) is 6.81. The number of thioether (sulfide) groups is 1. The van der Waals surface area contributed by atoms with Crippen LogP contribution < -0.4 is 5.56 Å². The molecule has 0 saturated heterocycles. The summed E-state index contributed by atoms with van der Waals surface area (Å²) in [6, 6.07) is 15.0. The van der Waals surface area contributed by atoms with Gasteiger partial charge in [-0.1, -0.05) is 68.1 Å². The lowest BCUT2D eigenvalue weighted by molar-refractivity contribution is 0.481. The minimum atomic E-state index is 0.172. The summed E-state index contributed by atoms with van der Waals surface area (Å²) >= 11 is 3.45. The van der Waals surface area contributed by atoms with Gasteiger partial charge in [0.1, 0.15) is 4.83 Å². The summed E-state index contributed by atoms with van der Waals surface area (Å²) in [6.45, 7) is 5.17. The lowest BCUT2D eigenvalue weighted by Gasteiger charge is -2.15. The minimum absolute atomic E-state index is 0.172. The zero-order valence-electron chi connectivity index (χ0n) is 18.2. The molecule has 0 N–H and O–H groups in total. The van der Waals surface area contributed by atoms with E-state index in [1.807, 2.05) is 4.57 Å². The maximum absolute atomic E-state index is 13.6.